The second-order valence-corrected chi connectivity index (χ2v) is 4.44. The molecule has 0 aromatic carbocycles. The van der Waals surface area contributed by atoms with E-state index in [9.17, 15) is 4.79 Å². The number of hydrogen-bond acceptors (Lipinski definition) is 5. The lowest BCUT2D eigenvalue weighted by atomic mass is 10.2. The molecule has 1 aromatic rings. The summed E-state index contributed by atoms with van der Waals surface area (Å²) in [5, 5.41) is 11.2. The molecule has 82 valence electrons. The summed E-state index contributed by atoms with van der Waals surface area (Å²) in [4.78, 5) is 17.6. The lowest BCUT2D eigenvalue weighted by Gasteiger charge is -2.21. The van der Waals surface area contributed by atoms with Gasteiger partial charge >= 0.3 is 0 Å². The van der Waals surface area contributed by atoms with Crippen molar-refractivity contribution >= 4 is 22.4 Å². The van der Waals surface area contributed by atoms with Crippen LogP contribution in [0, 0.1) is 0 Å². The highest BCUT2D eigenvalue weighted by Gasteiger charge is 2.29. The number of aromatic nitrogens is 1. The van der Waals surface area contributed by atoms with Crippen molar-refractivity contribution in [1.29, 1.82) is 0 Å². The number of aliphatic hydroxyl groups excluding tert-OH is 1. The molecule has 3 N–H and O–H groups in total. The molecule has 2 rings (SSSR count). The van der Waals surface area contributed by atoms with E-state index < -0.39 is 0 Å². The summed E-state index contributed by atoms with van der Waals surface area (Å²) in [6.45, 7) is 0.715. The van der Waals surface area contributed by atoms with Gasteiger partial charge in [0.25, 0.3) is 5.91 Å². The first kappa shape index (κ1) is 10.4. The summed E-state index contributed by atoms with van der Waals surface area (Å²) in [5.41, 5.74) is 5.86. The number of amides is 1. The molecule has 2 heterocycles. The van der Waals surface area contributed by atoms with E-state index in [0.717, 1.165) is 12.8 Å². The Morgan fingerprint density at radius 2 is 2.60 bits per heavy atom. The van der Waals surface area contributed by atoms with E-state index >= 15 is 0 Å². The van der Waals surface area contributed by atoms with Gasteiger partial charge in [-0.2, -0.15) is 0 Å². The Hall–Kier alpha value is -1.14. The van der Waals surface area contributed by atoms with E-state index in [-0.39, 0.29) is 18.6 Å². The average Bonchev–Trinajstić information content (AvgIpc) is 2.84. The first-order chi connectivity index (χ1) is 7.22. The molecule has 0 radical (unpaired) electrons. The molecule has 6 heteroatoms. The van der Waals surface area contributed by atoms with Gasteiger partial charge < -0.3 is 15.7 Å². The van der Waals surface area contributed by atoms with E-state index in [0.29, 0.717) is 17.4 Å². The van der Waals surface area contributed by atoms with Crippen LogP contribution in [0.1, 0.15) is 23.3 Å². The van der Waals surface area contributed by atoms with Crippen LogP contribution in [-0.2, 0) is 0 Å². The van der Waals surface area contributed by atoms with Gasteiger partial charge in [0.05, 0.1) is 12.6 Å². The Morgan fingerprint density at radius 3 is 3.20 bits per heavy atom. The van der Waals surface area contributed by atoms with Crippen LogP contribution in [0.4, 0.5) is 5.13 Å². The van der Waals surface area contributed by atoms with Crippen LogP contribution in [0.3, 0.4) is 0 Å². The lowest BCUT2D eigenvalue weighted by molar-refractivity contribution is 0.0672. The predicted octanol–water partition coefficient (Wildman–Crippen LogP) is 0.322. The Labute approximate surface area is 91.5 Å². The Balaban J connectivity index is 2.13. The second kappa shape index (κ2) is 4.16. The zero-order chi connectivity index (χ0) is 10.8. The lowest BCUT2D eigenvalue weighted by Crippen LogP contribution is -2.37. The summed E-state index contributed by atoms with van der Waals surface area (Å²) in [7, 11) is 0. The molecular formula is C9H13N3O2S. The number of hydrogen-bond donors (Lipinski definition) is 2. The molecule has 1 atom stereocenters. The number of thiazole rings is 1. The molecule has 5 nitrogen and oxygen atoms in total. The number of nitrogen functional groups attached to an aromatic ring is 1. The summed E-state index contributed by atoms with van der Waals surface area (Å²) in [5.74, 6) is -0.125. The second-order valence-electron chi connectivity index (χ2n) is 3.55. The largest absolute Gasteiger partial charge is 0.394 e. The highest BCUT2D eigenvalue weighted by molar-refractivity contribution is 7.13. The zero-order valence-electron chi connectivity index (χ0n) is 8.22. The van der Waals surface area contributed by atoms with Crippen LogP contribution >= 0.6 is 11.3 Å². The Kier molecular flexibility index (Phi) is 2.88. The molecule has 0 bridgehead atoms. The van der Waals surface area contributed by atoms with Crippen LogP contribution < -0.4 is 5.73 Å². The van der Waals surface area contributed by atoms with Crippen LogP contribution in [0.5, 0.6) is 0 Å². The van der Waals surface area contributed by atoms with Crippen molar-refractivity contribution in [2.45, 2.75) is 18.9 Å². The van der Waals surface area contributed by atoms with E-state index in [1.165, 1.54) is 11.3 Å². The van der Waals surface area contributed by atoms with Crippen LogP contribution in [0.25, 0.3) is 0 Å². The molecule has 0 unspecified atom stereocenters. The van der Waals surface area contributed by atoms with Crippen molar-refractivity contribution in [3.05, 3.63) is 11.1 Å². The maximum atomic E-state index is 11.9. The minimum Gasteiger partial charge on any atom is -0.394 e. The summed E-state index contributed by atoms with van der Waals surface area (Å²) >= 11 is 1.26. The maximum absolute atomic E-state index is 11.9. The summed E-state index contributed by atoms with van der Waals surface area (Å²) in [6, 6.07) is -0.0552. The third-order valence-corrected chi connectivity index (χ3v) is 3.26. The fourth-order valence-corrected chi connectivity index (χ4v) is 2.36. The Bertz CT molecular complexity index is 366. The molecule has 0 saturated carbocycles. The van der Waals surface area contributed by atoms with Crippen molar-refractivity contribution in [3.8, 4) is 0 Å². The van der Waals surface area contributed by atoms with Crippen molar-refractivity contribution in [2.75, 3.05) is 18.9 Å². The standard InChI is InChI=1S/C9H13N3O2S/c10-9-11-7(5-15-9)8(14)12-3-1-2-6(12)4-13/h5-6,13H,1-4H2,(H2,10,11)/t6-/m0/s1. The maximum Gasteiger partial charge on any atom is 0.273 e. The van der Waals surface area contributed by atoms with E-state index in [4.69, 9.17) is 10.8 Å². The number of nitrogens with zero attached hydrogens (tertiary/aromatic N) is 2. The molecule has 1 aromatic heterocycles. The molecule has 1 saturated heterocycles. The first-order valence-corrected chi connectivity index (χ1v) is 5.73. The van der Waals surface area contributed by atoms with Gasteiger partial charge in [-0.25, -0.2) is 4.98 Å². The molecule has 1 amide bonds. The molecule has 0 spiro atoms. The minimum atomic E-state index is -0.125. The molecule has 1 aliphatic heterocycles. The summed E-state index contributed by atoms with van der Waals surface area (Å²) < 4.78 is 0. The van der Waals surface area contributed by atoms with Gasteiger partial charge in [-0.05, 0) is 12.8 Å². The normalized spacial score (nSPS) is 20.9. The average molecular weight is 227 g/mol. The van der Waals surface area contributed by atoms with Crippen LogP contribution in [-0.4, -0.2) is 40.1 Å². The monoisotopic (exact) mass is 227 g/mol. The van der Waals surface area contributed by atoms with Gasteiger partial charge in [-0.1, -0.05) is 0 Å². The number of carbonyl (C=O) groups excluding carboxylic acids is 1. The smallest absolute Gasteiger partial charge is 0.273 e. The topological polar surface area (TPSA) is 79.5 Å². The van der Waals surface area contributed by atoms with Crippen molar-refractivity contribution in [2.24, 2.45) is 0 Å². The predicted molar refractivity (Wildman–Crippen MR) is 57.7 cm³/mol. The highest BCUT2D eigenvalue weighted by atomic mass is 32.1. The molecule has 0 aliphatic carbocycles. The van der Waals surface area contributed by atoms with E-state index in [2.05, 4.69) is 4.98 Å². The number of likely N-dealkylation sites (tertiary alicyclic amines) is 1. The number of carbonyl (C=O) groups is 1. The zero-order valence-corrected chi connectivity index (χ0v) is 9.04. The van der Waals surface area contributed by atoms with Crippen LogP contribution in [0.15, 0.2) is 5.38 Å². The quantitative estimate of drug-likeness (QED) is 0.762. The molecule has 1 aliphatic rings. The van der Waals surface area contributed by atoms with Gasteiger partial charge in [-0.3, -0.25) is 4.79 Å². The van der Waals surface area contributed by atoms with Gasteiger partial charge in [0.15, 0.2) is 5.13 Å². The van der Waals surface area contributed by atoms with Gasteiger partial charge in [0.1, 0.15) is 5.69 Å². The SMILES string of the molecule is Nc1nc(C(=O)N2CCC[C@H]2CO)cs1. The van der Waals surface area contributed by atoms with Gasteiger partial charge in [0.2, 0.25) is 0 Å². The summed E-state index contributed by atoms with van der Waals surface area (Å²) in [6.07, 6.45) is 1.80. The van der Waals surface area contributed by atoms with Gasteiger partial charge in [0, 0.05) is 11.9 Å². The first-order valence-electron chi connectivity index (χ1n) is 4.85. The van der Waals surface area contributed by atoms with Crippen molar-refractivity contribution in [3.63, 3.8) is 0 Å². The van der Waals surface area contributed by atoms with E-state index in [1.807, 2.05) is 0 Å². The van der Waals surface area contributed by atoms with Crippen molar-refractivity contribution < 1.29 is 9.90 Å². The highest BCUT2D eigenvalue weighted by Crippen LogP contribution is 2.21. The molecule has 15 heavy (non-hydrogen) atoms. The molecular weight excluding hydrogens is 214 g/mol. The number of aliphatic hydroxyl groups is 1. The third kappa shape index (κ3) is 1.95. The van der Waals surface area contributed by atoms with Gasteiger partial charge in [-0.15, -0.1) is 11.3 Å². The third-order valence-electron chi connectivity index (χ3n) is 2.59. The van der Waals surface area contributed by atoms with Crippen LogP contribution in [0.2, 0.25) is 0 Å². The Morgan fingerprint density at radius 1 is 1.80 bits per heavy atom. The fraction of sp³-hybridized carbons (Fsp3) is 0.556. The molecule has 1 fully saturated rings. The van der Waals surface area contributed by atoms with E-state index in [1.54, 1.807) is 10.3 Å². The minimum absolute atomic E-state index is 0.0192. The fourth-order valence-electron chi connectivity index (χ4n) is 1.83. The van der Waals surface area contributed by atoms with Crippen molar-refractivity contribution in [1.82, 2.24) is 9.88 Å². The number of anilines is 1. The number of rotatable bonds is 2. The number of nitrogens with two attached hydrogens (primary N) is 1.